The van der Waals surface area contributed by atoms with Crippen LogP contribution in [0.25, 0.3) is 0 Å². The van der Waals surface area contributed by atoms with E-state index in [4.69, 9.17) is 5.73 Å². The number of unbranched alkanes of at least 4 members (excludes halogenated alkanes) is 2. The van der Waals surface area contributed by atoms with Crippen LogP contribution >= 0.6 is 0 Å². The van der Waals surface area contributed by atoms with E-state index in [1.54, 1.807) is 0 Å². The number of nitrogens with zero attached hydrogens (tertiary/aromatic N) is 1. The molecule has 0 saturated heterocycles. The van der Waals surface area contributed by atoms with Gasteiger partial charge in [-0.25, -0.2) is 0 Å². The van der Waals surface area contributed by atoms with Crippen molar-refractivity contribution in [1.29, 1.82) is 0 Å². The second-order valence-electron chi connectivity index (χ2n) is 6.60. The van der Waals surface area contributed by atoms with Gasteiger partial charge in [0.2, 0.25) is 0 Å². The van der Waals surface area contributed by atoms with Crippen LogP contribution < -0.4 is 5.73 Å². The fourth-order valence-corrected chi connectivity index (χ4v) is 3.65. The van der Waals surface area contributed by atoms with Crippen LogP contribution in [0.3, 0.4) is 0 Å². The maximum atomic E-state index is 6.66. The van der Waals surface area contributed by atoms with Gasteiger partial charge in [-0.2, -0.15) is 0 Å². The topological polar surface area (TPSA) is 29.3 Å². The molecule has 3 atom stereocenters. The SMILES string of the molecule is CCCCN(CCCC)C1CC(C)c2ccccc2C1N. The van der Waals surface area contributed by atoms with Gasteiger partial charge >= 0.3 is 0 Å². The summed E-state index contributed by atoms with van der Waals surface area (Å²) in [6.45, 7) is 9.30. The first kappa shape index (κ1) is 16.5. The van der Waals surface area contributed by atoms with Gasteiger partial charge in [0.05, 0.1) is 0 Å². The van der Waals surface area contributed by atoms with E-state index in [1.165, 1.54) is 56.3 Å². The molecule has 1 aliphatic rings. The molecule has 1 aliphatic carbocycles. The second kappa shape index (κ2) is 7.95. The largest absolute Gasteiger partial charge is 0.323 e. The maximum absolute atomic E-state index is 6.66. The van der Waals surface area contributed by atoms with Crippen molar-refractivity contribution in [1.82, 2.24) is 4.90 Å². The lowest BCUT2D eigenvalue weighted by molar-refractivity contribution is 0.143. The highest BCUT2D eigenvalue weighted by atomic mass is 15.2. The fraction of sp³-hybridized carbons (Fsp3) is 0.684. The van der Waals surface area contributed by atoms with E-state index in [0.717, 1.165) is 0 Å². The number of nitrogens with two attached hydrogens (primary N) is 1. The van der Waals surface area contributed by atoms with Crippen LogP contribution in [0, 0.1) is 0 Å². The Hall–Kier alpha value is -0.860. The Morgan fingerprint density at radius 1 is 1.05 bits per heavy atom. The Kier molecular flexibility index (Phi) is 6.25. The quantitative estimate of drug-likeness (QED) is 0.802. The van der Waals surface area contributed by atoms with E-state index >= 15 is 0 Å². The molecule has 0 spiro atoms. The van der Waals surface area contributed by atoms with E-state index in [9.17, 15) is 0 Å². The van der Waals surface area contributed by atoms with Crippen molar-refractivity contribution in [2.24, 2.45) is 5.73 Å². The van der Waals surface area contributed by atoms with Gasteiger partial charge in [0, 0.05) is 12.1 Å². The molecule has 0 radical (unpaired) electrons. The Morgan fingerprint density at radius 2 is 1.62 bits per heavy atom. The number of fused-ring (bicyclic) bond motifs is 1. The molecule has 2 heteroatoms. The van der Waals surface area contributed by atoms with E-state index in [2.05, 4.69) is 49.9 Å². The first-order valence-electron chi connectivity index (χ1n) is 8.77. The molecule has 21 heavy (non-hydrogen) atoms. The first-order chi connectivity index (χ1) is 10.2. The molecular formula is C19H32N2. The lowest BCUT2D eigenvalue weighted by atomic mass is 9.77. The maximum Gasteiger partial charge on any atom is 0.0456 e. The fourth-order valence-electron chi connectivity index (χ4n) is 3.65. The zero-order valence-electron chi connectivity index (χ0n) is 14.0. The van der Waals surface area contributed by atoms with Crippen LogP contribution in [0.4, 0.5) is 0 Å². The van der Waals surface area contributed by atoms with E-state index < -0.39 is 0 Å². The highest BCUT2D eigenvalue weighted by Gasteiger charge is 2.33. The van der Waals surface area contributed by atoms with Crippen LogP contribution in [0.15, 0.2) is 24.3 Å². The third kappa shape index (κ3) is 3.87. The molecule has 3 unspecified atom stereocenters. The molecule has 1 aromatic rings. The Bertz CT molecular complexity index is 421. The van der Waals surface area contributed by atoms with Gasteiger partial charge in [-0.3, -0.25) is 4.90 Å². The third-order valence-electron chi connectivity index (χ3n) is 4.96. The summed E-state index contributed by atoms with van der Waals surface area (Å²) < 4.78 is 0. The van der Waals surface area contributed by atoms with Gasteiger partial charge in [0.1, 0.15) is 0 Å². The van der Waals surface area contributed by atoms with Crippen molar-refractivity contribution < 1.29 is 0 Å². The molecule has 2 N–H and O–H groups in total. The summed E-state index contributed by atoms with van der Waals surface area (Å²) in [5, 5.41) is 0. The first-order valence-corrected chi connectivity index (χ1v) is 8.77. The molecule has 0 bridgehead atoms. The van der Waals surface area contributed by atoms with Crippen molar-refractivity contribution in [3.05, 3.63) is 35.4 Å². The summed E-state index contributed by atoms with van der Waals surface area (Å²) in [7, 11) is 0. The molecule has 0 saturated carbocycles. The van der Waals surface area contributed by atoms with E-state index in [1.807, 2.05) is 0 Å². The lowest BCUT2D eigenvalue weighted by Crippen LogP contribution is -2.46. The summed E-state index contributed by atoms with van der Waals surface area (Å²) in [4.78, 5) is 2.67. The number of hydrogen-bond acceptors (Lipinski definition) is 2. The Labute approximate surface area is 130 Å². The molecule has 0 heterocycles. The van der Waals surface area contributed by atoms with Crippen molar-refractivity contribution in [3.63, 3.8) is 0 Å². The van der Waals surface area contributed by atoms with E-state index in [-0.39, 0.29) is 6.04 Å². The highest BCUT2D eigenvalue weighted by molar-refractivity contribution is 5.36. The van der Waals surface area contributed by atoms with Crippen LogP contribution in [0.1, 0.15) is 76.0 Å². The van der Waals surface area contributed by atoms with Crippen LogP contribution in [0.2, 0.25) is 0 Å². The average molecular weight is 288 g/mol. The minimum atomic E-state index is 0.172. The van der Waals surface area contributed by atoms with Crippen molar-refractivity contribution in [3.8, 4) is 0 Å². The molecule has 2 rings (SSSR count). The van der Waals surface area contributed by atoms with Gasteiger partial charge in [0.15, 0.2) is 0 Å². The van der Waals surface area contributed by atoms with Gasteiger partial charge in [-0.15, -0.1) is 0 Å². The van der Waals surface area contributed by atoms with E-state index in [0.29, 0.717) is 12.0 Å². The summed E-state index contributed by atoms with van der Waals surface area (Å²) in [6, 6.07) is 9.46. The van der Waals surface area contributed by atoms with Gasteiger partial charge in [0.25, 0.3) is 0 Å². The van der Waals surface area contributed by atoms with Gasteiger partial charge in [-0.1, -0.05) is 57.9 Å². The lowest BCUT2D eigenvalue weighted by Gasteiger charge is -2.42. The number of benzene rings is 1. The van der Waals surface area contributed by atoms with Crippen LogP contribution in [0.5, 0.6) is 0 Å². The summed E-state index contributed by atoms with van der Waals surface area (Å²) >= 11 is 0. The summed E-state index contributed by atoms with van der Waals surface area (Å²) in [5.74, 6) is 0.622. The molecule has 1 aromatic carbocycles. The van der Waals surface area contributed by atoms with Crippen LogP contribution in [-0.4, -0.2) is 24.0 Å². The standard InChI is InChI=1S/C19H32N2/c1-4-6-12-21(13-7-5-2)18-14-15(3)16-10-8-9-11-17(16)19(18)20/h8-11,15,18-19H,4-7,12-14,20H2,1-3H3. The van der Waals surface area contributed by atoms with Gasteiger partial charge < -0.3 is 5.73 Å². The molecule has 0 aliphatic heterocycles. The van der Waals surface area contributed by atoms with Crippen molar-refractivity contribution >= 4 is 0 Å². The molecule has 2 nitrogen and oxygen atoms in total. The molecule has 0 aromatic heterocycles. The number of hydrogen-bond donors (Lipinski definition) is 1. The number of rotatable bonds is 7. The van der Waals surface area contributed by atoms with Crippen LogP contribution in [-0.2, 0) is 0 Å². The monoisotopic (exact) mass is 288 g/mol. The predicted octanol–water partition coefficient (Wildman–Crippen LogP) is 4.46. The molecule has 0 fully saturated rings. The third-order valence-corrected chi connectivity index (χ3v) is 4.96. The summed E-state index contributed by atoms with van der Waals surface area (Å²) in [5.41, 5.74) is 9.49. The molecule has 0 amide bonds. The van der Waals surface area contributed by atoms with Crippen molar-refractivity contribution in [2.45, 2.75) is 70.9 Å². The predicted molar refractivity (Wildman–Crippen MR) is 91.6 cm³/mol. The normalized spacial score (nSPS) is 25.1. The zero-order chi connectivity index (χ0) is 15.2. The minimum absolute atomic E-state index is 0.172. The second-order valence-corrected chi connectivity index (χ2v) is 6.60. The highest BCUT2D eigenvalue weighted by Crippen LogP contribution is 2.38. The molecular weight excluding hydrogens is 256 g/mol. The van der Waals surface area contributed by atoms with Gasteiger partial charge in [-0.05, 0) is 49.4 Å². The Morgan fingerprint density at radius 3 is 2.19 bits per heavy atom. The molecule has 118 valence electrons. The zero-order valence-corrected chi connectivity index (χ0v) is 14.0. The Balaban J connectivity index is 2.17. The van der Waals surface area contributed by atoms with Crippen molar-refractivity contribution in [2.75, 3.05) is 13.1 Å². The smallest absolute Gasteiger partial charge is 0.0456 e. The summed E-state index contributed by atoms with van der Waals surface area (Å²) in [6.07, 6.45) is 6.28. The average Bonchev–Trinajstić information content (AvgIpc) is 2.51. The minimum Gasteiger partial charge on any atom is -0.323 e.